The second-order valence-corrected chi connectivity index (χ2v) is 5.00. The summed E-state index contributed by atoms with van der Waals surface area (Å²) in [4.78, 5) is 11.4. The van der Waals surface area contributed by atoms with Gasteiger partial charge in [0, 0.05) is 13.0 Å². The maximum absolute atomic E-state index is 11.4. The molecule has 0 aromatic carbocycles. The van der Waals surface area contributed by atoms with Crippen molar-refractivity contribution in [1.82, 2.24) is 5.32 Å². The highest BCUT2D eigenvalue weighted by Gasteiger charge is 2.32. The predicted octanol–water partition coefficient (Wildman–Crippen LogP) is 1.52. The first kappa shape index (κ1) is 12.5. The molecule has 0 aliphatic heterocycles. The Bertz CT molecular complexity index is 206. The minimum Gasteiger partial charge on any atom is -0.356 e. The summed E-state index contributed by atoms with van der Waals surface area (Å²) in [5, 5.41) is 3.00. The molecule has 1 aliphatic rings. The number of carbonyl (C=O) groups excluding carboxylic acids is 1. The molecule has 0 aromatic rings. The number of carbonyl (C=O) groups is 1. The van der Waals surface area contributed by atoms with E-state index in [-0.39, 0.29) is 5.91 Å². The molecule has 3 nitrogen and oxygen atoms in total. The maximum Gasteiger partial charge on any atom is 0.220 e. The van der Waals surface area contributed by atoms with Crippen LogP contribution in [0.25, 0.3) is 0 Å². The first-order valence-electron chi connectivity index (χ1n) is 6.10. The van der Waals surface area contributed by atoms with Crippen LogP contribution in [0.1, 0.15) is 39.5 Å². The quantitative estimate of drug-likeness (QED) is 0.672. The van der Waals surface area contributed by atoms with Gasteiger partial charge in [-0.3, -0.25) is 4.79 Å². The molecule has 0 aromatic heterocycles. The van der Waals surface area contributed by atoms with Gasteiger partial charge in [-0.05, 0) is 43.6 Å². The van der Waals surface area contributed by atoms with Crippen LogP contribution in [0.4, 0.5) is 0 Å². The molecule has 15 heavy (non-hydrogen) atoms. The zero-order valence-corrected chi connectivity index (χ0v) is 9.96. The zero-order chi connectivity index (χ0) is 11.3. The largest absolute Gasteiger partial charge is 0.356 e. The average molecular weight is 212 g/mol. The average Bonchev–Trinajstić information content (AvgIpc) is 2.89. The van der Waals surface area contributed by atoms with Crippen molar-refractivity contribution in [1.29, 1.82) is 0 Å². The van der Waals surface area contributed by atoms with Crippen LogP contribution in [0.5, 0.6) is 0 Å². The van der Waals surface area contributed by atoms with Crippen LogP contribution in [-0.2, 0) is 4.79 Å². The van der Waals surface area contributed by atoms with Crippen LogP contribution in [0.15, 0.2) is 0 Å². The second kappa shape index (κ2) is 6.11. The van der Waals surface area contributed by atoms with Crippen molar-refractivity contribution >= 4 is 5.91 Å². The van der Waals surface area contributed by atoms with Crippen molar-refractivity contribution in [2.75, 3.05) is 13.1 Å². The highest BCUT2D eigenvalue weighted by Crippen LogP contribution is 2.36. The molecule has 3 unspecified atom stereocenters. The van der Waals surface area contributed by atoms with Crippen molar-refractivity contribution in [2.24, 2.45) is 23.5 Å². The molecule has 3 atom stereocenters. The summed E-state index contributed by atoms with van der Waals surface area (Å²) < 4.78 is 0. The second-order valence-electron chi connectivity index (χ2n) is 5.00. The SMILES string of the molecule is CC(CCN)CCC(=O)NCC1CC1C. The van der Waals surface area contributed by atoms with Crippen molar-refractivity contribution in [2.45, 2.75) is 39.5 Å². The molecule has 88 valence electrons. The van der Waals surface area contributed by atoms with Crippen LogP contribution in [0.2, 0.25) is 0 Å². The minimum atomic E-state index is 0.206. The molecule has 1 aliphatic carbocycles. The summed E-state index contributed by atoms with van der Waals surface area (Å²) in [6.07, 6.45) is 3.92. The molecule has 1 fully saturated rings. The van der Waals surface area contributed by atoms with Gasteiger partial charge in [-0.2, -0.15) is 0 Å². The molecule has 1 saturated carbocycles. The van der Waals surface area contributed by atoms with Crippen molar-refractivity contribution in [3.05, 3.63) is 0 Å². The third-order valence-electron chi connectivity index (χ3n) is 3.36. The number of nitrogens with two attached hydrogens (primary N) is 1. The third kappa shape index (κ3) is 5.17. The zero-order valence-electron chi connectivity index (χ0n) is 9.96. The Morgan fingerprint density at radius 3 is 2.73 bits per heavy atom. The van der Waals surface area contributed by atoms with Gasteiger partial charge in [-0.25, -0.2) is 0 Å². The molecule has 0 spiro atoms. The Balaban J connectivity index is 1.98. The fraction of sp³-hybridized carbons (Fsp3) is 0.917. The number of amides is 1. The fourth-order valence-corrected chi connectivity index (χ4v) is 1.82. The van der Waals surface area contributed by atoms with Crippen LogP contribution in [0, 0.1) is 17.8 Å². The summed E-state index contributed by atoms with van der Waals surface area (Å²) in [6, 6.07) is 0. The molecule has 0 radical (unpaired) electrons. The van der Waals surface area contributed by atoms with E-state index in [0.29, 0.717) is 12.3 Å². The number of hydrogen-bond acceptors (Lipinski definition) is 2. The van der Waals surface area contributed by atoms with E-state index in [1.54, 1.807) is 0 Å². The molecule has 0 saturated heterocycles. The highest BCUT2D eigenvalue weighted by molar-refractivity contribution is 5.75. The molecule has 1 amide bonds. The van der Waals surface area contributed by atoms with Gasteiger partial charge in [0.05, 0.1) is 0 Å². The Morgan fingerprint density at radius 2 is 2.20 bits per heavy atom. The monoisotopic (exact) mass is 212 g/mol. The normalized spacial score (nSPS) is 26.1. The number of nitrogens with one attached hydrogen (secondary N) is 1. The van der Waals surface area contributed by atoms with Gasteiger partial charge in [-0.1, -0.05) is 13.8 Å². The Morgan fingerprint density at radius 1 is 1.53 bits per heavy atom. The van der Waals surface area contributed by atoms with Crippen LogP contribution >= 0.6 is 0 Å². The smallest absolute Gasteiger partial charge is 0.220 e. The number of hydrogen-bond donors (Lipinski definition) is 2. The molecule has 3 heteroatoms. The molecular weight excluding hydrogens is 188 g/mol. The first-order valence-corrected chi connectivity index (χ1v) is 6.10. The van der Waals surface area contributed by atoms with Gasteiger partial charge in [-0.15, -0.1) is 0 Å². The topological polar surface area (TPSA) is 55.1 Å². The Hall–Kier alpha value is -0.570. The van der Waals surface area contributed by atoms with Crippen LogP contribution < -0.4 is 11.1 Å². The lowest BCUT2D eigenvalue weighted by Crippen LogP contribution is -2.26. The van der Waals surface area contributed by atoms with Crippen LogP contribution in [-0.4, -0.2) is 19.0 Å². The van der Waals surface area contributed by atoms with E-state index in [0.717, 1.165) is 37.8 Å². The summed E-state index contributed by atoms with van der Waals surface area (Å²) in [5.41, 5.74) is 5.46. The first-order chi connectivity index (χ1) is 7.13. The van der Waals surface area contributed by atoms with Gasteiger partial charge in [0.15, 0.2) is 0 Å². The lowest BCUT2D eigenvalue weighted by molar-refractivity contribution is -0.121. The van der Waals surface area contributed by atoms with Gasteiger partial charge in [0.25, 0.3) is 0 Å². The summed E-state index contributed by atoms with van der Waals surface area (Å²) in [5.74, 6) is 2.34. The van der Waals surface area contributed by atoms with E-state index in [9.17, 15) is 4.79 Å². The molecule has 1 rings (SSSR count). The van der Waals surface area contributed by atoms with E-state index < -0.39 is 0 Å². The molecular formula is C12H24N2O. The molecule has 0 heterocycles. The summed E-state index contributed by atoms with van der Waals surface area (Å²) in [7, 11) is 0. The van der Waals surface area contributed by atoms with Gasteiger partial charge in [0.1, 0.15) is 0 Å². The lowest BCUT2D eigenvalue weighted by atomic mass is 10.0. The molecule has 3 N–H and O–H groups in total. The van der Waals surface area contributed by atoms with Crippen LogP contribution in [0.3, 0.4) is 0 Å². The fourth-order valence-electron chi connectivity index (χ4n) is 1.82. The van der Waals surface area contributed by atoms with Crippen molar-refractivity contribution in [3.8, 4) is 0 Å². The minimum absolute atomic E-state index is 0.206. The van der Waals surface area contributed by atoms with E-state index in [1.807, 2.05) is 0 Å². The lowest BCUT2D eigenvalue weighted by Gasteiger charge is -2.09. The van der Waals surface area contributed by atoms with E-state index in [4.69, 9.17) is 5.73 Å². The predicted molar refractivity (Wildman–Crippen MR) is 62.4 cm³/mol. The van der Waals surface area contributed by atoms with Crippen molar-refractivity contribution < 1.29 is 4.79 Å². The Kier molecular flexibility index (Phi) is 5.09. The summed E-state index contributed by atoms with van der Waals surface area (Å²) >= 11 is 0. The van der Waals surface area contributed by atoms with E-state index in [2.05, 4.69) is 19.2 Å². The highest BCUT2D eigenvalue weighted by atomic mass is 16.1. The van der Waals surface area contributed by atoms with E-state index >= 15 is 0 Å². The van der Waals surface area contributed by atoms with Gasteiger partial charge < -0.3 is 11.1 Å². The van der Waals surface area contributed by atoms with E-state index in [1.165, 1.54) is 6.42 Å². The number of rotatable bonds is 7. The van der Waals surface area contributed by atoms with Gasteiger partial charge >= 0.3 is 0 Å². The maximum atomic E-state index is 11.4. The van der Waals surface area contributed by atoms with Crippen molar-refractivity contribution in [3.63, 3.8) is 0 Å². The summed E-state index contributed by atoms with van der Waals surface area (Å²) in [6.45, 7) is 6.00. The standard InChI is InChI=1S/C12H24N2O/c1-9(5-6-13)3-4-12(15)14-8-11-7-10(11)2/h9-11H,3-8,13H2,1-2H3,(H,14,15). The Labute approximate surface area is 92.8 Å². The molecule has 0 bridgehead atoms. The third-order valence-corrected chi connectivity index (χ3v) is 3.36. The van der Waals surface area contributed by atoms with Gasteiger partial charge in [0.2, 0.25) is 5.91 Å².